The summed E-state index contributed by atoms with van der Waals surface area (Å²) >= 11 is 0. The summed E-state index contributed by atoms with van der Waals surface area (Å²) in [5.74, 6) is 1.59. The predicted molar refractivity (Wildman–Crippen MR) is 91.6 cm³/mol. The van der Waals surface area contributed by atoms with Crippen molar-refractivity contribution in [1.29, 1.82) is 0 Å². The highest BCUT2D eigenvalue weighted by Gasteiger charge is 2.19. The van der Waals surface area contributed by atoms with Crippen molar-refractivity contribution in [2.45, 2.75) is 19.8 Å². The molecule has 0 atom stereocenters. The molecular formula is C19H22O5. The first-order valence-corrected chi connectivity index (χ1v) is 7.62. The Morgan fingerprint density at radius 1 is 0.875 bits per heavy atom. The van der Waals surface area contributed by atoms with Gasteiger partial charge in [-0.1, -0.05) is 26.0 Å². The summed E-state index contributed by atoms with van der Waals surface area (Å²) in [7, 11) is 4.51. The summed E-state index contributed by atoms with van der Waals surface area (Å²) in [5, 5.41) is 0. The Kier molecular flexibility index (Phi) is 5.68. The van der Waals surface area contributed by atoms with Gasteiger partial charge in [0.1, 0.15) is 17.1 Å². The predicted octanol–water partition coefficient (Wildman–Crippen LogP) is 4.06. The first-order chi connectivity index (χ1) is 11.5. The van der Waals surface area contributed by atoms with E-state index in [4.69, 9.17) is 18.9 Å². The second kappa shape index (κ2) is 7.73. The molecule has 5 heteroatoms. The van der Waals surface area contributed by atoms with Crippen molar-refractivity contribution in [3.63, 3.8) is 0 Å². The molecule has 0 amide bonds. The molecule has 0 spiro atoms. The van der Waals surface area contributed by atoms with Crippen LogP contribution in [0, 0.1) is 0 Å². The van der Waals surface area contributed by atoms with Crippen molar-refractivity contribution in [3.05, 3.63) is 47.5 Å². The number of carbonyl (C=O) groups is 1. The molecule has 0 unspecified atom stereocenters. The van der Waals surface area contributed by atoms with E-state index in [0.717, 1.165) is 5.56 Å². The van der Waals surface area contributed by atoms with Gasteiger partial charge in [-0.15, -0.1) is 0 Å². The quantitative estimate of drug-likeness (QED) is 0.591. The molecule has 5 nitrogen and oxygen atoms in total. The van der Waals surface area contributed by atoms with E-state index in [2.05, 4.69) is 13.8 Å². The highest BCUT2D eigenvalue weighted by Crippen LogP contribution is 2.35. The number of esters is 1. The maximum atomic E-state index is 12.5. The van der Waals surface area contributed by atoms with Crippen molar-refractivity contribution < 1.29 is 23.7 Å². The van der Waals surface area contributed by atoms with Crippen LogP contribution in [-0.4, -0.2) is 27.3 Å². The lowest BCUT2D eigenvalue weighted by molar-refractivity contribution is 0.0730. The SMILES string of the molecule is COc1cc(OC)c(C(=O)Oc2cccc(C(C)C)c2)cc1OC. The topological polar surface area (TPSA) is 54.0 Å². The lowest BCUT2D eigenvalue weighted by Gasteiger charge is -2.14. The smallest absolute Gasteiger partial charge is 0.347 e. The first-order valence-electron chi connectivity index (χ1n) is 7.62. The molecule has 0 bridgehead atoms. The van der Waals surface area contributed by atoms with E-state index in [1.807, 2.05) is 18.2 Å². The fourth-order valence-corrected chi connectivity index (χ4v) is 2.29. The van der Waals surface area contributed by atoms with Crippen molar-refractivity contribution in [2.24, 2.45) is 0 Å². The maximum Gasteiger partial charge on any atom is 0.347 e. The Labute approximate surface area is 142 Å². The molecule has 24 heavy (non-hydrogen) atoms. The number of benzene rings is 2. The molecule has 0 fully saturated rings. The van der Waals surface area contributed by atoms with E-state index < -0.39 is 5.97 Å². The summed E-state index contributed by atoms with van der Waals surface area (Å²) in [6.45, 7) is 4.16. The van der Waals surface area contributed by atoms with E-state index in [1.165, 1.54) is 21.3 Å². The molecular weight excluding hydrogens is 308 g/mol. The lowest BCUT2D eigenvalue weighted by atomic mass is 10.0. The minimum atomic E-state index is -0.520. The Morgan fingerprint density at radius 3 is 2.08 bits per heavy atom. The van der Waals surface area contributed by atoms with Gasteiger partial charge in [-0.05, 0) is 23.6 Å². The summed E-state index contributed by atoms with van der Waals surface area (Å²) < 4.78 is 21.2. The minimum absolute atomic E-state index is 0.269. The van der Waals surface area contributed by atoms with Gasteiger partial charge in [0.2, 0.25) is 0 Å². The van der Waals surface area contributed by atoms with Gasteiger partial charge in [-0.3, -0.25) is 0 Å². The largest absolute Gasteiger partial charge is 0.496 e. The van der Waals surface area contributed by atoms with Crippen LogP contribution in [0.4, 0.5) is 0 Å². The van der Waals surface area contributed by atoms with Gasteiger partial charge in [-0.2, -0.15) is 0 Å². The van der Waals surface area contributed by atoms with E-state index in [1.54, 1.807) is 18.2 Å². The minimum Gasteiger partial charge on any atom is -0.496 e. The molecule has 0 aliphatic rings. The summed E-state index contributed by atoms with van der Waals surface area (Å²) in [4.78, 5) is 12.5. The van der Waals surface area contributed by atoms with Crippen LogP contribution in [-0.2, 0) is 0 Å². The summed E-state index contributed by atoms with van der Waals surface area (Å²) in [5.41, 5.74) is 1.37. The van der Waals surface area contributed by atoms with Gasteiger partial charge >= 0.3 is 5.97 Å². The zero-order valence-corrected chi connectivity index (χ0v) is 14.6. The monoisotopic (exact) mass is 330 g/mol. The molecule has 0 aromatic heterocycles. The van der Waals surface area contributed by atoms with Crippen LogP contribution in [0.2, 0.25) is 0 Å². The van der Waals surface area contributed by atoms with Gasteiger partial charge in [0.25, 0.3) is 0 Å². The van der Waals surface area contributed by atoms with E-state index in [-0.39, 0.29) is 5.56 Å². The zero-order valence-electron chi connectivity index (χ0n) is 14.6. The van der Waals surface area contributed by atoms with Crippen LogP contribution in [0.15, 0.2) is 36.4 Å². The molecule has 0 saturated carbocycles. The third-order valence-electron chi connectivity index (χ3n) is 3.66. The van der Waals surface area contributed by atoms with Crippen LogP contribution in [0.3, 0.4) is 0 Å². The average Bonchev–Trinajstić information content (AvgIpc) is 2.60. The first kappa shape index (κ1) is 17.7. The molecule has 0 aliphatic carbocycles. The molecule has 128 valence electrons. The third-order valence-corrected chi connectivity index (χ3v) is 3.66. The maximum absolute atomic E-state index is 12.5. The van der Waals surface area contributed by atoms with Crippen molar-refractivity contribution in [1.82, 2.24) is 0 Å². The fourth-order valence-electron chi connectivity index (χ4n) is 2.29. The number of methoxy groups -OCH3 is 3. The van der Waals surface area contributed by atoms with Gasteiger partial charge in [0.05, 0.1) is 21.3 Å². The van der Waals surface area contributed by atoms with Gasteiger partial charge in [0.15, 0.2) is 11.5 Å². The van der Waals surface area contributed by atoms with Crippen LogP contribution in [0.5, 0.6) is 23.0 Å². The molecule has 0 radical (unpaired) electrons. The number of hydrogen-bond donors (Lipinski definition) is 0. The third kappa shape index (κ3) is 3.79. The molecule has 0 heterocycles. The Morgan fingerprint density at radius 2 is 1.50 bits per heavy atom. The fraction of sp³-hybridized carbons (Fsp3) is 0.316. The van der Waals surface area contributed by atoms with E-state index in [9.17, 15) is 4.79 Å². The van der Waals surface area contributed by atoms with Gasteiger partial charge < -0.3 is 18.9 Å². The second-order valence-corrected chi connectivity index (χ2v) is 5.52. The molecule has 2 aromatic rings. The number of ether oxygens (including phenoxy) is 4. The van der Waals surface area contributed by atoms with Crippen LogP contribution in [0.1, 0.15) is 35.7 Å². The van der Waals surface area contributed by atoms with Crippen molar-refractivity contribution in [3.8, 4) is 23.0 Å². The molecule has 0 saturated heterocycles. The van der Waals surface area contributed by atoms with Crippen molar-refractivity contribution in [2.75, 3.05) is 21.3 Å². The molecule has 0 aliphatic heterocycles. The van der Waals surface area contributed by atoms with Crippen LogP contribution < -0.4 is 18.9 Å². The van der Waals surface area contributed by atoms with Crippen LogP contribution in [0.25, 0.3) is 0 Å². The van der Waals surface area contributed by atoms with Gasteiger partial charge in [-0.25, -0.2) is 4.79 Å². The molecule has 0 N–H and O–H groups in total. The Hall–Kier alpha value is -2.69. The average molecular weight is 330 g/mol. The standard InChI is InChI=1S/C19H22O5/c1-12(2)13-7-6-8-14(9-13)24-19(20)15-10-17(22-4)18(23-5)11-16(15)21-3/h6-12H,1-5H3. The van der Waals surface area contributed by atoms with E-state index >= 15 is 0 Å². The van der Waals surface area contributed by atoms with Crippen LogP contribution >= 0.6 is 0 Å². The summed E-state index contributed by atoms with van der Waals surface area (Å²) in [6.07, 6.45) is 0. The normalized spacial score (nSPS) is 10.4. The number of carbonyl (C=O) groups excluding carboxylic acids is 1. The molecule has 2 aromatic carbocycles. The highest BCUT2D eigenvalue weighted by atomic mass is 16.5. The second-order valence-electron chi connectivity index (χ2n) is 5.52. The molecule has 2 rings (SSSR count). The van der Waals surface area contributed by atoms with Crippen molar-refractivity contribution >= 4 is 5.97 Å². The summed E-state index contributed by atoms with van der Waals surface area (Å²) in [6, 6.07) is 10.6. The Balaban J connectivity index is 2.34. The lowest BCUT2D eigenvalue weighted by Crippen LogP contribution is -2.11. The van der Waals surface area contributed by atoms with E-state index in [0.29, 0.717) is 28.9 Å². The number of rotatable bonds is 6. The zero-order chi connectivity index (χ0) is 17.7. The highest BCUT2D eigenvalue weighted by molar-refractivity contribution is 5.95. The Bertz CT molecular complexity index is 722. The van der Waals surface area contributed by atoms with Gasteiger partial charge in [0, 0.05) is 12.1 Å². The number of hydrogen-bond acceptors (Lipinski definition) is 5.